The molecule has 0 saturated carbocycles. The van der Waals surface area contributed by atoms with Gasteiger partial charge in [0.2, 0.25) is 0 Å². The fourth-order valence-electron chi connectivity index (χ4n) is 4.69. The molecule has 1 amide bonds. The van der Waals surface area contributed by atoms with Crippen molar-refractivity contribution < 1.29 is 9.53 Å². The van der Waals surface area contributed by atoms with Gasteiger partial charge in [-0.25, -0.2) is 4.98 Å². The lowest BCUT2D eigenvalue weighted by atomic mass is 9.87. The minimum absolute atomic E-state index is 0.0711. The number of amides is 1. The summed E-state index contributed by atoms with van der Waals surface area (Å²) in [5.74, 6) is 1.07. The number of aromatic nitrogens is 3. The molecule has 0 spiro atoms. The van der Waals surface area contributed by atoms with Crippen molar-refractivity contribution in [2.45, 2.75) is 58.2 Å². The van der Waals surface area contributed by atoms with E-state index in [0.29, 0.717) is 11.7 Å². The molecule has 7 heteroatoms. The molecule has 2 atom stereocenters. The van der Waals surface area contributed by atoms with Crippen LogP contribution in [0.1, 0.15) is 71.6 Å². The fourth-order valence-corrected chi connectivity index (χ4v) is 4.69. The Morgan fingerprint density at radius 1 is 1.29 bits per heavy atom. The SMILES string of the molecule is Cc1cc(N)ncc1C1CCN(C(=O)c2c3c(nn2C)[C@H](C)O[C@H](C)C3)CC1. The molecule has 2 aromatic rings. The number of carbonyl (C=O) groups is 1. The van der Waals surface area contributed by atoms with Crippen LogP contribution in [0.3, 0.4) is 0 Å². The van der Waals surface area contributed by atoms with Crippen molar-refractivity contribution >= 4 is 11.7 Å². The number of carbonyl (C=O) groups excluding carboxylic acids is 1. The van der Waals surface area contributed by atoms with Gasteiger partial charge in [0.25, 0.3) is 5.91 Å². The molecule has 0 bridgehead atoms. The van der Waals surface area contributed by atoms with Crippen molar-refractivity contribution in [3.63, 3.8) is 0 Å². The van der Waals surface area contributed by atoms with Gasteiger partial charge in [-0.3, -0.25) is 9.48 Å². The average Bonchev–Trinajstić information content (AvgIpc) is 2.98. The zero-order valence-electron chi connectivity index (χ0n) is 17.1. The molecular formula is C21H29N5O2. The molecule has 28 heavy (non-hydrogen) atoms. The number of piperidine rings is 1. The lowest BCUT2D eigenvalue weighted by Crippen LogP contribution is -2.39. The molecule has 150 valence electrons. The van der Waals surface area contributed by atoms with Crippen LogP contribution in [0.25, 0.3) is 0 Å². The Kier molecular flexibility index (Phi) is 4.87. The highest BCUT2D eigenvalue weighted by Crippen LogP contribution is 2.34. The number of nitrogens with two attached hydrogens (primary N) is 1. The number of likely N-dealkylation sites (tertiary alicyclic amines) is 1. The molecule has 2 aromatic heterocycles. The van der Waals surface area contributed by atoms with E-state index < -0.39 is 0 Å². The van der Waals surface area contributed by atoms with Gasteiger partial charge >= 0.3 is 0 Å². The summed E-state index contributed by atoms with van der Waals surface area (Å²) in [6, 6.07) is 1.93. The molecule has 1 fully saturated rings. The third kappa shape index (κ3) is 3.28. The predicted molar refractivity (Wildman–Crippen MR) is 107 cm³/mol. The lowest BCUT2D eigenvalue weighted by Gasteiger charge is -2.33. The number of ether oxygens (including phenoxy) is 1. The van der Waals surface area contributed by atoms with E-state index >= 15 is 0 Å². The molecule has 1 saturated heterocycles. The van der Waals surface area contributed by atoms with Crippen LogP contribution >= 0.6 is 0 Å². The first-order chi connectivity index (χ1) is 13.3. The second kappa shape index (κ2) is 7.20. The van der Waals surface area contributed by atoms with E-state index in [2.05, 4.69) is 23.9 Å². The van der Waals surface area contributed by atoms with Gasteiger partial charge in [0, 0.05) is 38.3 Å². The number of hydrogen-bond donors (Lipinski definition) is 1. The van der Waals surface area contributed by atoms with E-state index in [1.807, 2.05) is 31.1 Å². The van der Waals surface area contributed by atoms with E-state index in [1.165, 1.54) is 11.1 Å². The number of hydrogen-bond acceptors (Lipinski definition) is 5. The summed E-state index contributed by atoms with van der Waals surface area (Å²) in [5.41, 5.74) is 10.9. The molecule has 0 unspecified atom stereocenters. The third-order valence-electron chi connectivity index (χ3n) is 6.09. The fraction of sp³-hybridized carbons (Fsp3) is 0.571. The van der Waals surface area contributed by atoms with Crippen LogP contribution in [-0.4, -0.2) is 44.8 Å². The molecular weight excluding hydrogens is 354 g/mol. The summed E-state index contributed by atoms with van der Waals surface area (Å²) < 4.78 is 7.61. The van der Waals surface area contributed by atoms with Gasteiger partial charge in [-0.1, -0.05) is 0 Å². The van der Waals surface area contributed by atoms with Gasteiger partial charge in [-0.2, -0.15) is 5.10 Å². The Balaban J connectivity index is 1.51. The van der Waals surface area contributed by atoms with Gasteiger partial charge in [0.1, 0.15) is 11.5 Å². The normalized spacial score (nSPS) is 22.9. The third-order valence-corrected chi connectivity index (χ3v) is 6.09. The number of fused-ring (bicyclic) bond motifs is 1. The second-order valence-corrected chi connectivity index (χ2v) is 8.16. The number of pyridine rings is 1. The van der Waals surface area contributed by atoms with Crippen molar-refractivity contribution in [1.29, 1.82) is 0 Å². The summed E-state index contributed by atoms with van der Waals surface area (Å²) >= 11 is 0. The summed E-state index contributed by atoms with van der Waals surface area (Å²) in [7, 11) is 1.86. The Morgan fingerprint density at radius 2 is 2.00 bits per heavy atom. The zero-order chi connectivity index (χ0) is 20.0. The van der Waals surface area contributed by atoms with E-state index in [9.17, 15) is 4.79 Å². The predicted octanol–water partition coefficient (Wildman–Crippen LogP) is 2.75. The lowest BCUT2D eigenvalue weighted by molar-refractivity contribution is -0.00714. The van der Waals surface area contributed by atoms with Crippen molar-refractivity contribution in [2.24, 2.45) is 7.05 Å². The number of anilines is 1. The van der Waals surface area contributed by atoms with E-state index in [4.69, 9.17) is 10.5 Å². The van der Waals surface area contributed by atoms with Crippen molar-refractivity contribution in [1.82, 2.24) is 19.7 Å². The first-order valence-electron chi connectivity index (χ1n) is 10.1. The number of aryl methyl sites for hydroxylation is 2. The van der Waals surface area contributed by atoms with Crippen LogP contribution in [0.15, 0.2) is 12.3 Å². The summed E-state index contributed by atoms with van der Waals surface area (Å²) in [5, 5.41) is 4.59. The number of rotatable bonds is 2. The van der Waals surface area contributed by atoms with Gasteiger partial charge in [-0.15, -0.1) is 0 Å². The Morgan fingerprint density at radius 3 is 2.68 bits per heavy atom. The maximum atomic E-state index is 13.3. The molecule has 0 radical (unpaired) electrons. The highest BCUT2D eigenvalue weighted by molar-refractivity contribution is 5.94. The number of nitrogens with zero attached hydrogens (tertiary/aromatic N) is 4. The first-order valence-corrected chi connectivity index (χ1v) is 10.1. The summed E-state index contributed by atoms with van der Waals surface area (Å²) in [6.07, 6.45) is 4.54. The zero-order valence-corrected chi connectivity index (χ0v) is 17.1. The molecule has 0 aliphatic carbocycles. The molecule has 2 N–H and O–H groups in total. The van der Waals surface area contributed by atoms with E-state index in [0.717, 1.165) is 49.3 Å². The molecule has 7 nitrogen and oxygen atoms in total. The van der Waals surface area contributed by atoms with Gasteiger partial charge in [0.15, 0.2) is 0 Å². The molecule has 4 rings (SSSR count). The molecule has 2 aliphatic rings. The average molecular weight is 383 g/mol. The summed E-state index contributed by atoms with van der Waals surface area (Å²) in [6.45, 7) is 7.63. The largest absolute Gasteiger partial charge is 0.384 e. The van der Waals surface area contributed by atoms with Crippen molar-refractivity contribution in [3.05, 3.63) is 40.3 Å². The maximum absolute atomic E-state index is 13.3. The van der Waals surface area contributed by atoms with Crippen LogP contribution in [0.5, 0.6) is 0 Å². The number of nitrogen functional groups attached to an aromatic ring is 1. The van der Waals surface area contributed by atoms with Crippen LogP contribution in [0, 0.1) is 6.92 Å². The van der Waals surface area contributed by atoms with Gasteiger partial charge in [0.05, 0.1) is 17.9 Å². The Hall–Kier alpha value is -2.41. The van der Waals surface area contributed by atoms with E-state index in [1.54, 1.807) is 4.68 Å². The molecule has 4 heterocycles. The Labute approximate surface area is 165 Å². The van der Waals surface area contributed by atoms with Crippen molar-refractivity contribution in [3.8, 4) is 0 Å². The standard InChI is InChI=1S/C21H29N5O2/c1-12-9-18(22)23-11-17(12)15-5-7-26(8-6-15)21(27)20-16-10-13(2)28-14(3)19(16)24-25(20)4/h9,11,13-15H,5-8,10H2,1-4H3,(H2,22,23)/t13-,14+/m1/s1. The quantitative estimate of drug-likeness (QED) is 0.862. The summed E-state index contributed by atoms with van der Waals surface area (Å²) in [4.78, 5) is 19.5. The smallest absolute Gasteiger partial charge is 0.272 e. The van der Waals surface area contributed by atoms with E-state index in [-0.39, 0.29) is 18.1 Å². The molecule has 2 aliphatic heterocycles. The van der Waals surface area contributed by atoms with Crippen molar-refractivity contribution in [2.75, 3.05) is 18.8 Å². The maximum Gasteiger partial charge on any atom is 0.272 e. The minimum atomic E-state index is -0.0711. The topological polar surface area (TPSA) is 86.3 Å². The monoisotopic (exact) mass is 383 g/mol. The second-order valence-electron chi connectivity index (χ2n) is 8.16. The molecule has 0 aromatic carbocycles. The van der Waals surface area contributed by atoms with Crippen LogP contribution in [0.4, 0.5) is 5.82 Å². The first kappa shape index (κ1) is 18.9. The highest BCUT2D eigenvalue weighted by atomic mass is 16.5. The van der Waals surface area contributed by atoms with Crippen LogP contribution in [0.2, 0.25) is 0 Å². The van der Waals surface area contributed by atoms with Gasteiger partial charge < -0.3 is 15.4 Å². The van der Waals surface area contributed by atoms with Gasteiger partial charge in [-0.05, 0) is 56.7 Å². The Bertz CT molecular complexity index is 898. The van der Waals surface area contributed by atoms with Crippen LogP contribution in [-0.2, 0) is 18.2 Å². The van der Waals surface area contributed by atoms with Crippen LogP contribution < -0.4 is 5.73 Å². The highest BCUT2D eigenvalue weighted by Gasteiger charge is 2.34. The minimum Gasteiger partial charge on any atom is -0.384 e.